The minimum absolute atomic E-state index is 0.0786. The molecule has 110 valence electrons. The van der Waals surface area contributed by atoms with Crippen LogP contribution >= 0.6 is 11.3 Å². The van der Waals surface area contributed by atoms with Gasteiger partial charge in [0.05, 0.1) is 5.69 Å². The number of hydrogen-bond donors (Lipinski definition) is 2. The molecule has 0 aliphatic rings. The third-order valence-corrected chi connectivity index (χ3v) is 3.65. The molecule has 0 spiro atoms. The Kier molecular flexibility index (Phi) is 4.27. The highest BCUT2D eigenvalue weighted by Crippen LogP contribution is 2.27. The fourth-order valence-electron chi connectivity index (χ4n) is 1.68. The molecule has 5 nitrogen and oxygen atoms in total. The van der Waals surface area contributed by atoms with E-state index in [-0.39, 0.29) is 22.7 Å². The van der Waals surface area contributed by atoms with Crippen LogP contribution in [-0.4, -0.2) is 27.1 Å². The molecular formula is C13H9F2NO4S. The first-order chi connectivity index (χ1) is 9.88. The number of aliphatic carboxylic acids is 2. The lowest BCUT2D eigenvalue weighted by atomic mass is 10.0. The minimum Gasteiger partial charge on any atom is -0.481 e. The molecule has 0 aliphatic heterocycles. The van der Waals surface area contributed by atoms with Gasteiger partial charge < -0.3 is 10.2 Å². The Morgan fingerprint density at radius 1 is 1.24 bits per heavy atom. The average molecular weight is 313 g/mol. The molecule has 0 aliphatic carbocycles. The summed E-state index contributed by atoms with van der Waals surface area (Å²) in [5.41, 5.74) is 0.309. The Morgan fingerprint density at radius 3 is 2.48 bits per heavy atom. The van der Waals surface area contributed by atoms with E-state index in [1.807, 2.05) is 0 Å². The van der Waals surface area contributed by atoms with Crippen molar-refractivity contribution < 1.29 is 28.6 Å². The highest BCUT2D eigenvalue weighted by atomic mass is 32.1. The van der Waals surface area contributed by atoms with Crippen molar-refractivity contribution in [1.82, 2.24) is 4.98 Å². The van der Waals surface area contributed by atoms with E-state index in [1.165, 1.54) is 11.4 Å². The molecule has 0 atom stereocenters. The first-order valence-electron chi connectivity index (χ1n) is 5.74. The second-order valence-electron chi connectivity index (χ2n) is 4.20. The molecular weight excluding hydrogens is 304 g/mol. The van der Waals surface area contributed by atoms with E-state index in [1.54, 1.807) is 0 Å². The SMILES string of the molecule is O=C(O)C(Cc1csc(-c2ccc(F)cc2F)n1)C(=O)O. The molecule has 0 radical (unpaired) electrons. The molecule has 1 aromatic carbocycles. The summed E-state index contributed by atoms with van der Waals surface area (Å²) in [7, 11) is 0. The first-order valence-corrected chi connectivity index (χ1v) is 6.62. The van der Waals surface area contributed by atoms with Gasteiger partial charge in [-0.05, 0) is 12.1 Å². The van der Waals surface area contributed by atoms with Crippen LogP contribution in [0.15, 0.2) is 23.6 Å². The van der Waals surface area contributed by atoms with Crippen molar-refractivity contribution in [2.75, 3.05) is 0 Å². The maximum absolute atomic E-state index is 13.6. The van der Waals surface area contributed by atoms with Crippen LogP contribution < -0.4 is 0 Å². The number of carboxylic acid groups (broad SMARTS) is 2. The average Bonchev–Trinajstić information content (AvgIpc) is 2.83. The second-order valence-corrected chi connectivity index (χ2v) is 5.06. The molecule has 1 aromatic heterocycles. The number of halogens is 2. The molecule has 2 rings (SSSR count). The predicted octanol–water partition coefficient (Wildman–Crippen LogP) is 2.42. The number of thiazole rings is 1. The zero-order valence-corrected chi connectivity index (χ0v) is 11.2. The quantitative estimate of drug-likeness (QED) is 0.828. The van der Waals surface area contributed by atoms with E-state index < -0.39 is 29.5 Å². The Hall–Kier alpha value is -2.35. The fourth-order valence-corrected chi connectivity index (χ4v) is 2.54. The topological polar surface area (TPSA) is 87.5 Å². The van der Waals surface area contributed by atoms with Crippen LogP contribution in [0.25, 0.3) is 10.6 Å². The van der Waals surface area contributed by atoms with Gasteiger partial charge in [0.25, 0.3) is 0 Å². The van der Waals surface area contributed by atoms with Gasteiger partial charge in [-0.2, -0.15) is 0 Å². The van der Waals surface area contributed by atoms with Gasteiger partial charge in [0.15, 0.2) is 5.92 Å². The second kappa shape index (κ2) is 5.96. The van der Waals surface area contributed by atoms with Gasteiger partial charge in [0, 0.05) is 23.4 Å². The standard InChI is InChI=1S/C13H9F2NO4S/c14-6-1-2-8(10(15)3-6)11-16-7(5-21-11)4-9(12(17)18)13(19)20/h1-3,5,9H,4H2,(H,17,18)(H,19,20). The molecule has 0 amide bonds. The Labute approximate surface area is 121 Å². The van der Waals surface area contributed by atoms with Crippen LogP contribution in [0.1, 0.15) is 5.69 Å². The molecule has 2 N–H and O–H groups in total. The summed E-state index contributed by atoms with van der Waals surface area (Å²) in [4.78, 5) is 25.6. The van der Waals surface area contributed by atoms with Crippen LogP contribution in [0, 0.1) is 17.6 Å². The number of carbonyl (C=O) groups is 2. The van der Waals surface area contributed by atoms with E-state index in [0.717, 1.165) is 17.4 Å². The lowest BCUT2D eigenvalue weighted by molar-refractivity contribution is -0.154. The maximum Gasteiger partial charge on any atom is 0.318 e. The Morgan fingerprint density at radius 2 is 1.90 bits per heavy atom. The summed E-state index contributed by atoms with van der Waals surface area (Å²) in [6.45, 7) is 0. The molecule has 0 saturated heterocycles. The lowest BCUT2D eigenvalue weighted by Gasteiger charge is -2.04. The number of hydrogen-bond acceptors (Lipinski definition) is 4. The molecule has 0 unspecified atom stereocenters. The van der Waals surface area contributed by atoms with E-state index >= 15 is 0 Å². The van der Waals surface area contributed by atoms with Gasteiger partial charge in [-0.15, -0.1) is 11.3 Å². The predicted molar refractivity (Wildman–Crippen MR) is 69.9 cm³/mol. The molecule has 1 heterocycles. The van der Waals surface area contributed by atoms with Crippen LogP contribution in [0.4, 0.5) is 8.78 Å². The number of aromatic nitrogens is 1. The molecule has 8 heteroatoms. The summed E-state index contributed by atoms with van der Waals surface area (Å²) in [5.74, 6) is -6.05. The van der Waals surface area contributed by atoms with E-state index in [9.17, 15) is 18.4 Å². The Bertz CT molecular complexity index is 687. The summed E-state index contributed by atoms with van der Waals surface area (Å²) < 4.78 is 26.4. The summed E-state index contributed by atoms with van der Waals surface area (Å²) in [6.07, 6.45) is -0.302. The van der Waals surface area contributed by atoms with Crippen molar-refractivity contribution in [1.29, 1.82) is 0 Å². The zero-order valence-electron chi connectivity index (χ0n) is 10.4. The van der Waals surface area contributed by atoms with E-state index in [4.69, 9.17) is 10.2 Å². The molecule has 0 bridgehead atoms. The van der Waals surface area contributed by atoms with Gasteiger partial charge in [-0.1, -0.05) is 0 Å². The minimum atomic E-state index is -1.61. The number of carboxylic acids is 2. The van der Waals surface area contributed by atoms with E-state index in [2.05, 4.69) is 4.98 Å². The number of nitrogens with zero attached hydrogens (tertiary/aromatic N) is 1. The van der Waals surface area contributed by atoms with Crippen molar-refractivity contribution in [2.24, 2.45) is 5.92 Å². The molecule has 0 fully saturated rings. The monoisotopic (exact) mass is 313 g/mol. The largest absolute Gasteiger partial charge is 0.481 e. The van der Waals surface area contributed by atoms with Crippen LogP contribution in [0.2, 0.25) is 0 Å². The van der Waals surface area contributed by atoms with Crippen molar-refractivity contribution in [3.8, 4) is 10.6 Å². The van der Waals surface area contributed by atoms with Gasteiger partial charge in [-0.25, -0.2) is 13.8 Å². The van der Waals surface area contributed by atoms with Crippen LogP contribution in [0.3, 0.4) is 0 Å². The fraction of sp³-hybridized carbons (Fsp3) is 0.154. The molecule has 0 saturated carbocycles. The molecule has 21 heavy (non-hydrogen) atoms. The summed E-state index contributed by atoms with van der Waals surface area (Å²) >= 11 is 1.03. The summed E-state index contributed by atoms with van der Waals surface area (Å²) in [5, 5.41) is 19.3. The van der Waals surface area contributed by atoms with Crippen molar-refractivity contribution >= 4 is 23.3 Å². The lowest BCUT2D eigenvalue weighted by Crippen LogP contribution is -2.25. The van der Waals surface area contributed by atoms with Crippen molar-refractivity contribution in [3.63, 3.8) is 0 Å². The van der Waals surface area contributed by atoms with Crippen molar-refractivity contribution in [2.45, 2.75) is 6.42 Å². The third kappa shape index (κ3) is 3.40. The highest BCUT2D eigenvalue weighted by molar-refractivity contribution is 7.13. The van der Waals surface area contributed by atoms with Gasteiger partial charge in [0.2, 0.25) is 0 Å². The first kappa shape index (κ1) is 15.0. The van der Waals surface area contributed by atoms with E-state index in [0.29, 0.717) is 6.07 Å². The van der Waals surface area contributed by atoms with Gasteiger partial charge in [-0.3, -0.25) is 9.59 Å². The highest BCUT2D eigenvalue weighted by Gasteiger charge is 2.27. The van der Waals surface area contributed by atoms with Crippen LogP contribution in [0.5, 0.6) is 0 Å². The van der Waals surface area contributed by atoms with Gasteiger partial charge >= 0.3 is 11.9 Å². The number of rotatable bonds is 5. The van der Waals surface area contributed by atoms with Crippen LogP contribution in [-0.2, 0) is 16.0 Å². The number of benzene rings is 1. The smallest absolute Gasteiger partial charge is 0.318 e. The third-order valence-electron chi connectivity index (χ3n) is 2.72. The normalized spacial score (nSPS) is 10.8. The maximum atomic E-state index is 13.6. The summed E-state index contributed by atoms with van der Waals surface area (Å²) in [6, 6.07) is 3.02. The Balaban J connectivity index is 2.25. The zero-order chi connectivity index (χ0) is 15.6. The molecule has 2 aromatic rings. The van der Waals surface area contributed by atoms with Crippen molar-refractivity contribution in [3.05, 3.63) is 40.9 Å². The van der Waals surface area contributed by atoms with Gasteiger partial charge in [0.1, 0.15) is 16.6 Å².